The minimum Gasteiger partial charge on any atom is -0.397 e. The van der Waals surface area contributed by atoms with E-state index < -0.39 is 0 Å². The number of hydrogen-bond donors (Lipinski definition) is 2. The van der Waals surface area contributed by atoms with Crippen molar-refractivity contribution in [2.24, 2.45) is 5.92 Å². The lowest BCUT2D eigenvalue weighted by Gasteiger charge is -2.16. The van der Waals surface area contributed by atoms with Crippen LogP contribution in [0.25, 0.3) is 0 Å². The van der Waals surface area contributed by atoms with E-state index in [2.05, 4.69) is 10.2 Å². The number of amides is 1. The van der Waals surface area contributed by atoms with Crippen LogP contribution in [0, 0.1) is 12.8 Å². The molecule has 5 nitrogen and oxygen atoms in total. The van der Waals surface area contributed by atoms with E-state index in [1.54, 1.807) is 7.11 Å². The predicted molar refractivity (Wildman–Crippen MR) is 80.6 cm³/mol. The third-order valence-corrected chi connectivity index (χ3v) is 3.62. The third kappa shape index (κ3) is 3.95. The Hall–Kier alpha value is -1.59. The number of likely N-dealkylation sites (tertiary alicyclic amines) is 1. The van der Waals surface area contributed by atoms with Crippen LogP contribution < -0.4 is 11.1 Å². The number of hydrogen-bond acceptors (Lipinski definition) is 4. The van der Waals surface area contributed by atoms with Crippen LogP contribution in [-0.2, 0) is 9.53 Å². The molecule has 2 rings (SSSR count). The number of anilines is 2. The Morgan fingerprint density at radius 3 is 3.05 bits per heavy atom. The number of carbonyl (C=O) groups is 1. The summed E-state index contributed by atoms with van der Waals surface area (Å²) < 4.78 is 5.16. The van der Waals surface area contributed by atoms with Gasteiger partial charge in [0.15, 0.2) is 0 Å². The van der Waals surface area contributed by atoms with Gasteiger partial charge in [-0.05, 0) is 43.5 Å². The smallest absolute Gasteiger partial charge is 0.238 e. The van der Waals surface area contributed by atoms with E-state index >= 15 is 0 Å². The summed E-state index contributed by atoms with van der Waals surface area (Å²) in [5.74, 6) is 0.524. The fourth-order valence-electron chi connectivity index (χ4n) is 2.62. The summed E-state index contributed by atoms with van der Waals surface area (Å²) in [7, 11) is 1.72. The molecular weight excluding hydrogens is 254 g/mol. The molecule has 1 aromatic rings. The number of carbonyl (C=O) groups excluding carboxylic acids is 1. The Balaban J connectivity index is 1.84. The Morgan fingerprint density at radius 2 is 2.35 bits per heavy atom. The predicted octanol–water partition coefficient (Wildman–Crippen LogP) is 1.48. The maximum absolute atomic E-state index is 12.0. The number of nitrogen functional groups attached to an aromatic ring is 1. The standard InChI is InChI=1S/C15H23N3O2/c1-11-3-4-14(13(16)7-11)17-15(19)9-18-6-5-12(8-18)10-20-2/h3-4,7,12H,5-6,8-10,16H2,1-2H3,(H,17,19). The minimum absolute atomic E-state index is 0.0152. The second kappa shape index (κ2) is 6.72. The van der Waals surface area contributed by atoms with Gasteiger partial charge in [0.05, 0.1) is 24.5 Å². The Bertz CT molecular complexity index is 476. The van der Waals surface area contributed by atoms with Gasteiger partial charge in [-0.2, -0.15) is 0 Å². The van der Waals surface area contributed by atoms with Gasteiger partial charge < -0.3 is 15.8 Å². The molecule has 1 aliphatic rings. The molecule has 1 aromatic carbocycles. The number of benzene rings is 1. The van der Waals surface area contributed by atoms with Crippen LogP contribution in [0.2, 0.25) is 0 Å². The topological polar surface area (TPSA) is 67.6 Å². The van der Waals surface area contributed by atoms with Crippen molar-refractivity contribution < 1.29 is 9.53 Å². The van der Waals surface area contributed by atoms with E-state index in [0.29, 0.717) is 23.8 Å². The van der Waals surface area contributed by atoms with E-state index in [0.717, 1.165) is 31.7 Å². The number of nitrogens with two attached hydrogens (primary N) is 1. The van der Waals surface area contributed by atoms with Crippen molar-refractivity contribution >= 4 is 17.3 Å². The Kier molecular flexibility index (Phi) is 4.98. The molecule has 1 aliphatic heterocycles. The summed E-state index contributed by atoms with van der Waals surface area (Å²) in [5.41, 5.74) is 8.28. The molecule has 0 spiro atoms. The molecule has 0 saturated carbocycles. The molecule has 1 saturated heterocycles. The molecule has 5 heteroatoms. The first-order valence-corrected chi connectivity index (χ1v) is 6.95. The average molecular weight is 277 g/mol. The highest BCUT2D eigenvalue weighted by atomic mass is 16.5. The average Bonchev–Trinajstić information content (AvgIpc) is 2.81. The lowest BCUT2D eigenvalue weighted by atomic mass is 10.1. The highest BCUT2D eigenvalue weighted by Gasteiger charge is 2.23. The monoisotopic (exact) mass is 277 g/mol. The van der Waals surface area contributed by atoms with Crippen LogP contribution >= 0.6 is 0 Å². The minimum atomic E-state index is -0.0152. The summed E-state index contributed by atoms with van der Waals surface area (Å²) in [5, 5.41) is 2.87. The van der Waals surface area contributed by atoms with Gasteiger partial charge in [0.25, 0.3) is 0 Å². The largest absolute Gasteiger partial charge is 0.397 e. The molecule has 0 radical (unpaired) electrons. The zero-order valence-electron chi connectivity index (χ0n) is 12.2. The van der Waals surface area contributed by atoms with Gasteiger partial charge >= 0.3 is 0 Å². The lowest BCUT2D eigenvalue weighted by Crippen LogP contribution is -2.32. The molecule has 110 valence electrons. The van der Waals surface area contributed by atoms with E-state index in [9.17, 15) is 4.79 Å². The van der Waals surface area contributed by atoms with Crippen LogP contribution in [0.3, 0.4) is 0 Å². The molecule has 3 N–H and O–H groups in total. The summed E-state index contributed by atoms with van der Waals surface area (Å²) in [4.78, 5) is 14.2. The van der Waals surface area contributed by atoms with Crippen LogP contribution in [0.1, 0.15) is 12.0 Å². The number of methoxy groups -OCH3 is 1. The van der Waals surface area contributed by atoms with Crippen LogP contribution in [0.15, 0.2) is 18.2 Å². The van der Waals surface area contributed by atoms with Crippen molar-refractivity contribution in [1.29, 1.82) is 0 Å². The summed E-state index contributed by atoms with van der Waals surface area (Å²) >= 11 is 0. The van der Waals surface area contributed by atoms with Gasteiger partial charge in [-0.3, -0.25) is 9.69 Å². The second-order valence-corrected chi connectivity index (χ2v) is 5.48. The van der Waals surface area contributed by atoms with Crippen molar-refractivity contribution in [2.75, 3.05) is 44.4 Å². The molecule has 1 atom stereocenters. The first kappa shape index (κ1) is 14.8. The number of nitrogens with zero attached hydrogens (tertiary/aromatic N) is 1. The Morgan fingerprint density at radius 1 is 1.55 bits per heavy atom. The number of rotatable bonds is 5. The van der Waals surface area contributed by atoms with E-state index in [-0.39, 0.29) is 5.91 Å². The quantitative estimate of drug-likeness (QED) is 0.800. The first-order valence-electron chi connectivity index (χ1n) is 6.95. The van der Waals surface area contributed by atoms with Gasteiger partial charge in [-0.15, -0.1) is 0 Å². The molecule has 0 aromatic heterocycles. The molecule has 0 aliphatic carbocycles. The SMILES string of the molecule is COCC1CCN(CC(=O)Nc2ccc(C)cc2N)C1. The van der Waals surface area contributed by atoms with Crippen molar-refractivity contribution in [3.8, 4) is 0 Å². The molecule has 1 unspecified atom stereocenters. The number of aryl methyl sites for hydroxylation is 1. The third-order valence-electron chi connectivity index (χ3n) is 3.62. The van der Waals surface area contributed by atoms with Crippen LogP contribution in [-0.4, -0.2) is 44.2 Å². The summed E-state index contributed by atoms with van der Waals surface area (Å²) in [6, 6.07) is 5.65. The molecule has 1 fully saturated rings. The highest BCUT2D eigenvalue weighted by molar-refractivity contribution is 5.95. The van der Waals surface area contributed by atoms with Crippen molar-refractivity contribution in [2.45, 2.75) is 13.3 Å². The lowest BCUT2D eigenvalue weighted by molar-refractivity contribution is -0.117. The van der Waals surface area contributed by atoms with Crippen molar-refractivity contribution in [3.05, 3.63) is 23.8 Å². The second-order valence-electron chi connectivity index (χ2n) is 5.48. The van der Waals surface area contributed by atoms with E-state index in [1.807, 2.05) is 25.1 Å². The maximum atomic E-state index is 12.0. The molecule has 20 heavy (non-hydrogen) atoms. The van der Waals surface area contributed by atoms with E-state index in [1.165, 1.54) is 0 Å². The zero-order chi connectivity index (χ0) is 14.5. The summed E-state index contributed by atoms with van der Waals surface area (Å²) in [6.07, 6.45) is 1.09. The fourth-order valence-corrected chi connectivity index (χ4v) is 2.62. The molecule has 1 amide bonds. The van der Waals surface area contributed by atoms with Crippen molar-refractivity contribution in [1.82, 2.24) is 4.90 Å². The van der Waals surface area contributed by atoms with Gasteiger partial charge in [-0.25, -0.2) is 0 Å². The van der Waals surface area contributed by atoms with Gasteiger partial charge in [0.1, 0.15) is 0 Å². The molecular formula is C15H23N3O2. The van der Waals surface area contributed by atoms with Gasteiger partial charge in [-0.1, -0.05) is 6.07 Å². The van der Waals surface area contributed by atoms with Crippen molar-refractivity contribution in [3.63, 3.8) is 0 Å². The zero-order valence-corrected chi connectivity index (χ0v) is 12.2. The van der Waals surface area contributed by atoms with Gasteiger partial charge in [0, 0.05) is 13.7 Å². The summed E-state index contributed by atoms with van der Waals surface area (Å²) in [6.45, 7) is 5.02. The molecule has 0 bridgehead atoms. The Labute approximate surface area is 120 Å². The van der Waals surface area contributed by atoms with E-state index in [4.69, 9.17) is 10.5 Å². The van der Waals surface area contributed by atoms with Crippen LogP contribution in [0.4, 0.5) is 11.4 Å². The number of ether oxygens (including phenoxy) is 1. The number of nitrogens with one attached hydrogen (secondary N) is 1. The normalized spacial score (nSPS) is 19.2. The molecule has 1 heterocycles. The first-order chi connectivity index (χ1) is 9.58. The van der Waals surface area contributed by atoms with Gasteiger partial charge in [0.2, 0.25) is 5.91 Å². The fraction of sp³-hybridized carbons (Fsp3) is 0.533. The highest BCUT2D eigenvalue weighted by Crippen LogP contribution is 2.20. The van der Waals surface area contributed by atoms with Crippen LogP contribution in [0.5, 0.6) is 0 Å². The maximum Gasteiger partial charge on any atom is 0.238 e.